The van der Waals surface area contributed by atoms with Gasteiger partial charge in [-0.2, -0.15) is 0 Å². The van der Waals surface area contributed by atoms with Gasteiger partial charge in [-0.05, 0) is 45.2 Å². The van der Waals surface area contributed by atoms with Crippen LogP contribution in [-0.4, -0.2) is 49.7 Å². The molecule has 0 saturated carbocycles. The van der Waals surface area contributed by atoms with Crippen LogP contribution in [0.3, 0.4) is 0 Å². The lowest BCUT2D eigenvalue weighted by atomic mass is 9.98. The van der Waals surface area contributed by atoms with Crippen LogP contribution in [0.4, 0.5) is 0 Å². The molecule has 2 heterocycles. The summed E-state index contributed by atoms with van der Waals surface area (Å²) in [5.41, 5.74) is 0. The molecule has 4 heteroatoms. The highest BCUT2D eigenvalue weighted by molar-refractivity contribution is 5.75. The first kappa shape index (κ1) is 11.9. The average Bonchev–Trinajstić information content (AvgIpc) is 2.81. The molecule has 2 saturated heterocycles. The van der Waals surface area contributed by atoms with E-state index in [0.29, 0.717) is 6.04 Å². The number of nitrogens with one attached hydrogen (secondary N) is 1. The SMILES string of the molecule is COC(=O)[C@@H]1CCC[C@@H](CN2CCCC2)N1. The standard InChI is InChI=1S/C12H22N2O2/c1-16-12(15)11-6-4-5-10(13-11)9-14-7-2-3-8-14/h10-11,13H,2-9H2,1H3/t10-,11-/m0/s1. The average molecular weight is 226 g/mol. The molecule has 2 aliphatic rings. The van der Waals surface area contributed by atoms with Gasteiger partial charge < -0.3 is 15.0 Å². The van der Waals surface area contributed by atoms with Gasteiger partial charge in [0.15, 0.2) is 0 Å². The number of likely N-dealkylation sites (tertiary alicyclic amines) is 1. The summed E-state index contributed by atoms with van der Waals surface area (Å²) in [6.07, 6.45) is 5.89. The minimum Gasteiger partial charge on any atom is -0.468 e. The molecule has 2 atom stereocenters. The van der Waals surface area contributed by atoms with Crippen molar-refractivity contribution in [1.29, 1.82) is 0 Å². The van der Waals surface area contributed by atoms with Crippen molar-refractivity contribution in [3.05, 3.63) is 0 Å². The predicted molar refractivity (Wildman–Crippen MR) is 62.3 cm³/mol. The van der Waals surface area contributed by atoms with Crippen LogP contribution in [0, 0.1) is 0 Å². The molecule has 2 fully saturated rings. The Hall–Kier alpha value is -0.610. The van der Waals surface area contributed by atoms with E-state index >= 15 is 0 Å². The summed E-state index contributed by atoms with van der Waals surface area (Å²) in [6, 6.07) is 0.391. The van der Waals surface area contributed by atoms with E-state index in [0.717, 1.165) is 19.4 Å². The molecule has 1 N–H and O–H groups in total. The molecule has 0 aromatic carbocycles. The Morgan fingerprint density at radius 1 is 1.31 bits per heavy atom. The summed E-state index contributed by atoms with van der Waals surface area (Å²) in [4.78, 5) is 13.9. The largest absolute Gasteiger partial charge is 0.468 e. The Balaban J connectivity index is 1.79. The minimum atomic E-state index is -0.105. The molecule has 16 heavy (non-hydrogen) atoms. The molecular formula is C12H22N2O2. The lowest BCUT2D eigenvalue weighted by molar-refractivity contribution is -0.144. The molecular weight excluding hydrogens is 204 g/mol. The quantitative estimate of drug-likeness (QED) is 0.722. The normalized spacial score (nSPS) is 31.6. The van der Waals surface area contributed by atoms with Gasteiger partial charge in [-0.25, -0.2) is 0 Å². The number of methoxy groups -OCH3 is 1. The van der Waals surface area contributed by atoms with E-state index in [1.165, 1.54) is 39.5 Å². The summed E-state index contributed by atoms with van der Waals surface area (Å²) in [6.45, 7) is 3.54. The van der Waals surface area contributed by atoms with Crippen molar-refractivity contribution >= 4 is 5.97 Å². The van der Waals surface area contributed by atoms with Gasteiger partial charge in [-0.3, -0.25) is 4.79 Å². The van der Waals surface area contributed by atoms with E-state index in [1.54, 1.807) is 0 Å². The fourth-order valence-corrected chi connectivity index (χ4v) is 2.77. The maximum Gasteiger partial charge on any atom is 0.322 e. The zero-order chi connectivity index (χ0) is 11.4. The number of ether oxygens (including phenoxy) is 1. The Morgan fingerprint density at radius 3 is 2.75 bits per heavy atom. The number of piperidine rings is 1. The van der Waals surface area contributed by atoms with Crippen molar-refractivity contribution in [3.63, 3.8) is 0 Å². The van der Waals surface area contributed by atoms with Crippen molar-refractivity contribution in [3.8, 4) is 0 Å². The smallest absolute Gasteiger partial charge is 0.322 e. The van der Waals surface area contributed by atoms with Gasteiger partial charge in [0.05, 0.1) is 7.11 Å². The molecule has 0 aromatic heterocycles. The summed E-state index contributed by atoms with van der Waals surface area (Å²) in [5, 5.41) is 3.41. The molecule has 4 nitrogen and oxygen atoms in total. The van der Waals surface area contributed by atoms with E-state index < -0.39 is 0 Å². The summed E-state index contributed by atoms with van der Waals surface area (Å²) >= 11 is 0. The highest BCUT2D eigenvalue weighted by Crippen LogP contribution is 2.16. The third-order valence-electron chi connectivity index (χ3n) is 3.65. The van der Waals surface area contributed by atoms with E-state index in [-0.39, 0.29) is 12.0 Å². The Labute approximate surface area is 97.3 Å². The number of hydrogen-bond acceptors (Lipinski definition) is 4. The second-order valence-corrected chi connectivity index (χ2v) is 4.88. The van der Waals surface area contributed by atoms with Crippen molar-refractivity contribution in [2.45, 2.75) is 44.2 Å². The van der Waals surface area contributed by atoms with Gasteiger partial charge in [0, 0.05) is 12.6 Å². The molecule has 0 aromatic rings. The third-order valence-corrected chi connectivity index (χ3v) is 3.65. The van der Waals surface area contributed by atoms with E-state index in [9.17, 15) is 4.79 Å². The van der Waals surface area contributed by atoms with Crippen molar-refractivity contribution in [1.82, 2.24) is 10.2 Å². The second kappa shape index (κ2) is 5.64. The summed E-state index contributed by atoms with van der Waals surface area (Å²) in [5.74, 6) is -0.105. The number of carbonyl (C=O) groups is 1. The first-order valence-corrected chi connectivity index (χ1v) is 6.36. The zero-order valence-corrected chi connectivity index (χ0v) is 10.1. The van der Waals surface area contributed by atoms with Crippen molar-refractivity contribution < 1.29 is 9.53 Å². The lowest BCUT2D eigenvalue weighted by Crippen LogP contribution is -2.51. The first-order chi connectivity index (χ1) is 7.79. The number of esters is 1. The fourth-order valence-electron chi connectivity index (χ4n) is 2.77. The van der Waals surface area contributed by atoms with Gasteiger partial charge in [0.1, 0.15) is 6.04 Å². The Kier molecular flexibility index (Phi) is 4.18. The van der Waals surface area contributed by atoms with Gasteiger partial charge in [0.25, 0.3) is 0 Å². The topological polar surface area (TPSA) is 41.6 Å². The van der Waals surface area contributed by atoms with Crippen LogP contribution in [0.1, 0.15) is 32.1 Å². The number of hydrogen-bond donors (Lipinski definition) is 1. The van der Waals surface area contributed by atoms with Crippen molar-refractivity contribution in [2.24, 2.45) is 0 Å². The van der Waals surface area contributed by atoms with Crippen LogP contribution in [0.25, 0.3) is 0 Å². The number of rotatable bonds is 3. The molecule has 0 spiro atoms. The monoisotopic (exact) mass is 226 g/mol. The zero-order valence-electron chi connectivity index (χ0n) is 10.1. The second-order valence-electron chi connectivity index (χ2n) is 4.88. The maximum absolute atomic E-state index is 11.5. The van der Waals surface area contributed by atoms with Gasteiger partial charge in [-0.1, -0.05) is 0 Å². The van der Waals surface area contributed by atoms with Crippen LogP contribution >= 0.6 is 0 Å². The minimum absolute atomic E-state index is 0.0775. The van der Waals surface area contributed by atoms with Gasteiger partial charge >= 0.3 is 5.97 Å². The molecule has 2 rings (SSSR count). The number of nitrogens with zero attached hydrogens (tertiary/aromatic N) is 1. The third kappa shape index (κ3) is 2.95. The highest BCUT2D eigenvalue weighted by Gasteiger charge is 2.28. The maximum atomic E-state index is 11.5. The first-order valence-electron chi connectivity index (χ1n) is 6.36. The van der Waals surface area contributed by atoms with Crippen LogP contribution in [-0.2, 0) is 9.53 Å². The van der Waals surface area contributed by atoms with Crippen molar-refractivity contribution in [2.75, 3.05) is 26.7 Å². The predicted octanol–water partition coefficient (Wildman–Crippen LogP) is 0.766. The van der Waals surface area contributed by atoms with Crippen LogP contribution < -0.4 is 5.32 Å². The molecule has 0 aliphatic carbocycles. The van der Waals surface area contributed by atoms with Crippen LogP contribution in [0.2, 0.25) is 0 Å². The van der Waals surface area contributed by atoms with Crippen LogP contribution in [0.5, 0.6) is 0 Å². The highest BCUT2D eigenvalue weighted by atomic mass is 16.5. The van der Waals surface area contributed by atoms with E-state index in [1.807, 2.05) is 0 Å². The van der Waals surface area contributed by atoms with Crippen LogP contribution in [0.15, 0.2) is 0 Å². The lowest BCUT2D eigenvalue weighted by Gasteiger charge is -2.32. The number of carbonyl (C=O) groups excluding carboxylic acids is 1. The summed E-state index contributed by atoms with van der Waals surface area (Å²) in [7, 11) is 1.47. The molecule has 0 unspecified atom stereocenters. The van der Waals surface area contributed by atoms with E-state index in [2.05, 4.69) is 10.2 Å². The molecule has 0 radical (unpaired) electrons. The summed E-state index contributed by atoms with van der Waals surface area (Å²) < 4.78 is 4.79. The molecule has 2 aliphatic heterocycles. The van der Waals surface area contributed by atoms with E-state index in [4.69, 9.17) is 4.74 Å². The Morgan fingerprint density at radius 2 is 2.06 bits per heavy atom. The molecule has 92 valence electrons. The fraction of sp³-hybridized carbons (Fsp3) is 0.917. The Bertz CT molecular complexity index is 239. The molecule has 0 bridgehead atoms. The van der Waals surface area contributed by atoms with Gasteiger partial charge in [0.2, 0.25) is 0 Å². The van der Waals surface area contributed by atoms with Gasteiger partial charge in [-0.15, -0.1) is 0 Å². The molecule has 0 amide bonds.